The molecule has 39 heavy (non-hydrogen) atoms. The first-order chi connectivity index (χ1) is 19.1. The summed E-state index contributed by atoms with van der Waals surface area (Å²) in [5, 5.41) is 0.777. The number of nitrogens with zero attached hydrogens (tertiary/aromatic N) is 1. The third-order valence-electron chi connectivity index (χ3n) is 7.99. The maximum atomic E-state index is 11.0. The van der Waals surface area contributed by atoms with Crippen molar-refractivity contribution in [1.29, 1.82) is 0 Å². The highest BCUT2D eigenvalue weighted by molar-refractivity contribution is 7.98. The monoisotopic (exact) mass is 558 g/mol. The first-order valence-corrected chi connectivity index (χ1v) is 15.0. The second-order valence-electron chi connectivity index (χ2n) is 10.5. The van der Waals surface area contributed by atoms with E-state index in [9.17, 15) is 4.79 Å². The van der Waals surface area contributed by atoms with Crippen LogP contribution in [0.1, 0.15) is 64.9 Å². The number of H-pyrrole nitrogens is 1. The highest BCUT2D eigenvalue weighted by Gasteiger charge is 2.48. The maximum absolute atomic E-state index is 11.0. The van der Waals surface area contributed by atoms with Gasteiger partial charge < -0.3 is 14.5 Å². The molecule has 7 heteroatoms. The van der Waals surface area contributed by atoms with E-state index in [0.717, 1.165) is 59.0 Å². The predicted molar refractivity (Wildman–Crippen MR) is 155 cm³/mol. The van der Waals surface area contributed by atoms with Gasteiger partial charge in [-0.15, -0.1) is 11.8 Å². The Kier molecular flexibility index (Phi) is 7.63. The number of aldehydes is 1. The molecule has 0 amide bonds. The van der Waals surface area contributed by atoms with Gasteiger partial charge in [-0.2, -0.15) is 0 Å². The van der Waals surface area contributed by atoms with Gasteiger partial charge in [-0.3, -0.25) is 9.78 Å². The number of carbonyl (C=O) groups is 1. The number of pyridine rings is 1. The van der Waals surface area contributed by atoms with Crippen molar-refractivity contribution in [3.63, 3.8) is 0 Å². The largest absolute Gasteiger partial charge is 0.357 e. The van der Waals surface area contributed by atoms with E-state index in [1.54, 1.807) is 24.0 Å². The zero-order valence-corrected chi connectivity index (χ0v) is 23.4. The van der Waals surface area contributed by atoms with Gasteiger partial charge in [0.05, 0.1) is 23.0 Å². The molecule has 1 saturated heterocycles. The standard InChI is InChI=1S/C32H31ClN2O3S/c1-39-31-12-8-24(16-26(31)33)25(27-10-11-29(35-27)28-9-7-22(19-36)18-34-28)15-21-13-14-32(17-21)37-20-30(38-32)23-5-3-2-4-6-23/h2-12,16,18-19,21,25,30,35H,13-15,17,20H2,1H3/t21?,25?,30-,32?/m0/s1. The van der Waals surface area contributed by atoms with Crippen LogP contribution in [0.15, 0.2) is 83.9 Å². The topological polar surface area (TPSA) is 64.2 Å². The SMILES string of the molecule is CSc1ccc(C(CC2CCC3(C2)OC[C@@H](c2ccccc2)O3)c2ccc(-c3ccc(C=O)cn3)[nH]2)cc1Cl. The second-order valence-corrected chi connectivity index (χ2v) is 11.7. The van der Waals surface area contributed by atoms with Crippen LogP contribution < -0.4 is 0 Å². The van der Waals surface area contributed by atoms with Gasteiger partial charge in [0.25, 0.3) is 0 Å². The Hall–Kier alpha value is -2.90. The van der Waals surface area contributed by atoms with E-state index < -0.39 is 5.79 Å². The smallest absolute Gasteiger partial charge is 0.169 e. The van der Waals surface area contributed by atoms with Crippen molar-refractivity contribution in [3.8, 4) is 11.4 Å². The number of thioether (sulfide) groups is 1. The molecule has 2 aromatic heterocycles. The number of hydrogen-bond acceptors (Lipinski definition) is 5. The fourth-order valence-electron chi connectivity index (χ4n) is 5.97. The van der Waals surface area contributed by atoms with Gasteiger partial charge in [-0.1, -0.05) is 48.0 Å². The number of benzene rings is 2. The fraction of sp³-hybridized carbons (Fsp3) is 0.312. The molecule has 2 aliphatic rings. The van der Waals surface area contributed by atoms with Crippen LogP contribution in [-0.2, 0) is 9.47 Å². The minimum atomic E-state index is -0.499. The van der Waals surface area contributed by atoms with Crippen LogP contribution in [0.4, 0.5) is 0 Å². The minimum Gasteiger partial charge on any atom is -0.357 e. The Balaban J connectivity index is 1.24. The summed E-state index contributed by atoms with van der Waals surface area (Å²) in [7, 11) is 0. The lowest BCUT2D eigenvalue weighted by molar-refractivity contribution is -0.165. The normalized spacial score (nSPS) is 23.3. The number of ether oxygens (including phenoxy) is 2. The molecule has 4 aromatic rings. The van der Waals surface area contributed by atoms with E-state index in [0.29, 0.717) is 18.1 Å². The zero-order valence-electron chi connectivity index (χ0n) is 21.8. The highest BCUT2D eigenvalue weighted by atomic mass is 35.5. The molecule has 2 fully saturated rings. The summed E-state index contributed by atoms with van der Waals surface area (Å²) >= 11 is 8.32. The van der Waals surface area contributed by atoms with Crippen LogP contribution in [0.2, 0.25) is 5.02 Å². The average Bonchev–Trinajstić information content (AvgIpc) is 3.73. The van der Waals surface area contributed by atoms with Gasteiger partial charge in [-0.25, -0.2) is 0 Å². The minimum absolute atomic E-state index is 0.0114. The van der Waals surface area contributed by atoms with Crippen LogP contribution in [0.5, 0.6) is 0 Å². The third-order valence-corrected chi connectivity index (χ3v) is 9.21. The van der Waals surface area contributed by atoms with Crippen molar-refractivity contribution in [2.45, 2.75) is 48.4 Å². The van der Waals surface area contributed by atoms with E-state index in [4.69, 9.17) is 21.1 Å². The maximum Gasteiger partial charge on any atom is 0.169 e. The molecule has 5 nitrogen and oxygen atoms in total. The van der Waals surface area contributed by atoms with Crippen LogP contribution in [0.3, 0.4) is 0 Å². The van der Waals surface area contributed by atoms with E-state index in [-0.39, 0.29) is 12.0 Å². The lowest BCUT2D eigenvalue weighted by Gasteiger charge is -2.25. The molecule has 1 N–H and O–H groups in total. The van der Waals surface area contributed by atoms with Crippen molar-refractivity contribution in [2.24, 2.45) is 5.92 Å². The quantitative estimate of drug-likeness (QED) is 0.175. The van der Waals surface area contributed by atoms with Gasteiger partial charge in [-0.05, 0) is 72.5 Å². The molecule has 1 spiro atoms. The molecule has 2 aromatic carbocycles. The average molecular weight is 559 g/mol. The Bertz CT molecular complexity index is 1440. The Morgan fingerprint density at radius 2 is 2.03 bits per heavy atom. The van der Waals surface area contributed by atoms with E-state index in [2.05, 4.69) is 64.6 Å². The number of aromatic amines is 1. The second kappa shape index (κ2) is 11.3. The van der Waals surface area contributed by atoms with E-state index >= 15 is 0 Å². The summed E-state index contributed by atoms with van der Waals surface area (Å²) in [6.45, 7) is 0.599. The van der Waals surface area contributed by atoms with Crippen molar-refractivity contribution >= 4 is 29.6 Å². The molecule has 0 bridgehead atoms. The molecule has 0 radical (unpaired) electrons. The van der Waals surface area contributed by atoms with Crippen molar-refractivity contribution in [2.75, 3.05) is 12.9 Å². The molecule has 1 saturated carbocycles. The Labute approximate surface area is 238 Å². The van der Waals surface area contributed by atoms with E-state index in [1.807, 2.05) is 18.4 Å². The molecule has 1 aliphatic carbocycles. The van der Waals surface area contributed by atoms with Crippen molar-refractivity contribution in [3.05, 3.63) is 106 Å². The molecule has 4 atom stereocenters. The molecule has 3 heterocycles. The molecule has 3 unspecified atom stereocenters. The molecular formula is C32H31ClN2O3S. The van der Waals surface area contributed by atoms with E-state index in [1.165, 1.54) is 11.1 Å². The molecule has 1 aliphatic heterocycles. The summed E-state index contributed by atoms with van der Waals surface area (Å²) in [5.74, 6) is 0.0782. The Morgan fingerprint density at radius 1 is 1.15 bits per heavy atom. The van der Waals surface area contributed by atoms with Gasteiger partial charge >= 0.3 is 0 Å². The van der Waals surface area contributed by atoms with Crippen LogP contribution in [0.25, 0.3) is 11.4 Å². The van der Waals surface area contributed by atoms with Gasteiger partial charge in [0.1, 0.15) is 6.10 Å². The van der Waals surface area contributed by atoms with Crippen LogP contribution in [-0.4, -0.2) is 34.9 Å². The Morgan fingerprint density at radius 3 is 2.77 bits per heavy atom. The third kappa shape index (κ3) is 5.57. The summed E-state index contributed by atoms with van der Waals surface area (Å²) in [6.07, 6.45) is 8.23. The summed E-state index contributed by atoms with van der Waals surface area (Å²) in [6, 6.07) is 24.6. The number of nitrogens with one attached hydrogen (secondary N) is 1. The number of halogens is 1. The number of carbonyl (C=O) groups excluding carboxylic acids is 1. The number of rotatable bonds is 8. The summed E-state index contributed by atoms with van der Waals surface area (Å²) < 4.78 is 12.9. The van der Waals surface area contributed by atoms with Crippen LogP contribution in [0, 0.1) is 5.92 Å². The number of aromatic nitrogens is 2. The predicted octanol–water partition coefficient (Wildman–Crippen LogP) is 8.07. The molecular weight excluding hydrogens is 528 g/mol. The first kappa shape index (κ1) is 26.3. The van der Waals surface area contributed by atoms with Crippen molar-refractivity contribution in [1.82, 2.24) is 9.97 Å². The number of hydrogen-bond donors (Lipinski definition) is 1. The fourth-order valence-corrected chi connectivity index (χ4v) is 6.85. The molecule has 200 valence electrons. The summed E-state index contributed by atoms with van der Waals surface area (Å²) in [4.78, 5) is 20.2. The van der Waals surface area contributed by atoms with Gasteiger partial charge in [0.15, 0.2) is 12.1 Å². The van der Waals surface area contributed by atoms with Crippen molar-refractivity contribution < 1.29 is 14.3 Å². The lowest BCUT2D eigenvalue weighted by atomic mass is 9.85. The lowest BCUT2D eigenvalue weighted by Crippen LogP contribution is -2.26. The molecule has 6 rings (SSSR count). The van der Waals surface area contributed by atoms with Crippen LogP contribution >= 0.6 is 23.4 Å². The van der Waals surface area contributed by atoms with Gasteiger partial charge in [0, 0.05) is 41.1 Å². The first-order valence-electron chi connectivity index (χ1n) is 13.4. The zero-order chi connectivity index (χ0) is 26.8. The highest BCUT2D eigenvalue weighted by Crippen LogP contribution is 2.49. The summed E-state index contributed by atoms with van der Waals surface area (Å²) in [5.41, 5.74) is 5.78. The van der Waals surface area contributed by atoms with Gasteiger partial charge in [0.2, 0.25) is 0 Å².